The molecule has 0 unspecified atom stereocenters. The first kappa shape index (κ1) is 15.2. The summed E-state index contributed by atoms with van der Waals surface area (Å²) in [6.45, 7) is 3.75. The molecular formula is C15H15NO4S. The zero-order chi connectivity index (χ0) is 15.4. The van der Waals surface area contributed by atoms with Crippen LogP contribution in [0.3, 0.4) is 0 Å². The Labute approximate surface area is 127 Å². The van der Waals surface area contributed by atoms with Crippen molar-refractivity contribution in [2.45, 2.75) is 0 Å². The van der Waals surface area contributed by atoms with Crippen molar-refractivity contribution in [1.82, 2.24) is 4.90 Å². The number of methoxy groups -OCH3 is 2. The molecule has 6 heteroatoms. The van der Waals surface area contributed by atoms with E-state index in [1.54, 1.807) is 38.5 Å². The number of benzene rings is 1. The predicted molar refractivity (Wildman–Crippen MR) is 82.4 cm³/mol. The number of carbonyl (C=O) groups excluding carboxylic acids is 2. The van der Waals surface area contributed by atoms with Crippen LogP contribution in [0.15, 0.2) is 35.8 Å². The Hall–Kier alpha value is -2.21. The summed E-state index contributed by atoms with van der Waals surface area (Å²) in [5.74, 6) is 0.925. The van der Waals surface area contributed by atoms with Gasteiger partial charge in [0.15, 0.2) is 0 Å². The lowest BCUT2D eigenvalue weighted by molar-refractivity contribution is -0.122. The monoisotopic (exact) mass is 305 g/mol. The molecule has 110 valence electrons. The van der Waals surface area contributed by atoms with Crippen LogP contribution in [0.4, 0.5) is 4.79 Å². The first-order chi connectivity index (χ1) is 10.1. The molecule has 1 fully saturated rings. The highest BCUT2D eigenvalue weighted by atomic mass is 32.2. The van der Waals surface area contributed by atoms with Gasteiger partial charge >= 0.3 is 0 Å². The number of nitrogens with zero attached hydrogens (tertiary/aromatic N) is 1. The second-order valence-corrected chi connectivity index (χ2v) is 5.18. The van der Waals surface area contributed by atoms with Crippen molar-refractivity contribution in [3.8, 4) is 11.5 Å². The zero-order valence-electron chi connectivity index (χ0n) is 11.8. The minimum absolute atomic E-state index is 0.206. The van der Waals surface area contributed by atoms with E-state index < -0.39 is 0 Å². The summed E-state index contributed by atoms with van der Waals surface area (Å²) in [4.78, 5) is 25.4. The normalized spacial score (nSPS) is 16.5. The van der Waals surface area contributed by atoms with Gasteiger partial charge in [0, 0.05) is 12.1 Å². The van der Waals surface area contributed by atoms with E-state index in [4.69, 9.17) is 9.47 Å². The van der Waals surface area contributed by atoms with Crippen LogP contribution in [-0.2, 0) is 4.79 Å². The molecule has 1 aliphatic rings. The van der Waals surface area contributed by atoms with Gasteiger partial charge in [-0.2, -0.15) is 0 Å². The fourth-order valence-corrected chi connectivity index (χ4v) is 2.72. The van der Waals surface area contributed by atoms with Crippen molar-refractivity contribution in [2.24, 2.45) is 0 Å². The predicted octanol–water partition coefficient (Wildman–Crippen LogP) is 2.93. The molecule has 1 heterocycles. The Kier molecular flexibility index (Phi) is 4.70. The summed E-state index contributed by atoms with van der Waals surface area (Å²) in [6.07, 6.45) is 3.15. The SMILES string of the molecule is C=CCN1C(=O)SC(=Cc2cc(OC)ccc2OC)C1=O. The molecule has 1 aromatic carbocycles. The van der Waals surface area contributed by atoms with E-state index in [1.165, 1.54) is 6.08 Å². The second-order valence-electron chi connectivity index (χ2n) is 4.19. The third-order valence-corrected chi connectivity index (χ3v) is 3.82. The Morgan fingerprint density at radius 3 is 2.67 bits per heavy atom. The fourth-order valence-electron chi connectivity index (χ4n) is 1.88. The quantitative estimate of drug-likeness (QED) is 0.618. The number of hydrogen-bond donors (Lipinski definition) is 0. The van der Waals surface area contributed by atoms with Crippen LogP contribution >= 0.6 is 11.8 Å². The summed E-state index contributed by atoms with van der Waals surface area (Å²) in [5, 5.41) is -0.298. The minimum atomic E-state index is -0.324. The van der Waals surface area contributed by atoms with Crippen LogP contribution in [0.2, 0.25) is 0 Å². The van der Waals surface area contributed by atoms with Gasteiger partial charge < -0.3 is 9.47 Å². The van der Waals surface area contributed by atoms with Crippen LogP contribution in [-0.4, -0.2) is 36.8 Å². The number of ether oxygens (including phenoxy) is 2. The number of hydrogen-bond acceptors (Lipinski definition) is 5. The number of carbonyl (C=O) groups is 2. The maximum absolute atomic E-state index is 12.2. The summed E-state index contributed by atoms with van der Waals surface area (Å²) < 4.78 is 10.4. The van der Waals surface area contributed by atoms with E-state index >= 15 is 0 Å². The van der Waals surface area contributed by atoms with Gasteiger partial charge in [-0.25, -0.2) is 0 Å². The summed E-state index contributed by atoms with van der Waals surface area (Å²) in [5.41, 5.74) is 0.681. The molecule has 2 rings (SSSR count). The van der Waals surface area contributed by atoms with Crippen molar-refractivity contribution in [1.29, 1.82) is 0 Å². The summed E-state index contributed by atoms with van der Waals surface area (Å²) >= 11 is 0.904. The van der Waals surface area contributed by atoms with Gasteiger partial charge in [0.2, 0.25) is 0 Å². The van der Waals surface area contributed by atoms with Crippen molar-refractivity contribution in [2.75, 3.05) is 20.8 Å². The van der Waals surface area contributed by atoms with E-state index in [0.29, 0.717) is 22.0 Å². The van der Waals surface area contributed by atoms with Crippen LogP contribution in [0.25, 0.3) is 6.08 Å². The molecule has 2 amide bonds. The third kappa shape index (κ3) is 3.11. The van der Waals surface area contributed by atoms with Gasteiger partial charge in [0.25, 0.3) is 11.1 Å². The first-order valence-electron chi connectivity index (χ1n) is 6.19. The molecule has 5 nitrogen and oxygen atoms in total. The van der Waals surface area contributed by atoms with Crippen LogP contribution < -0.4 is 9.47 Å². The lowest BCUT2D eigenvalue weighted by atomic mass is 10.1. The Balaban J connectivity index is 2.38. The minimum Gasteiger partial charge on any atom is -0.497 e. The van der Waals surface area contributed by atoms with E-state index in [0.717, 1.165) is 16.7 Å². The van der Waals surface area contributed by atoms with Gasteiger partial charge in [-0.3, -0.25) is 14.5 Å². The largest absolute Gasteiger partial charge is 0.497 e. The molecule has 0 aromatic heterocycles. The molecule has 1 aromatic rings. The number of imide groups is 1. The molecule has 21 heavy (non-hydrogen) atoms. The lowest BCUT2D eigenvalue weighted by Crippen LogP contribution is -2.27. The van der Waals surface area contributed by atoms with Crippen molar-refractivity contribution < 1.29 is 19.1 Å². The fraction of sp³-hybridized carbons (Fsp3) is 0.200. The van der Waals surface area contributed by atoms with Crippen molar-refractivity contribution >= 4 is 29.0 Å². The molecular weight excluding hydrogens is 290 g/mol. The highest BCUT2D eigenvalue weighted by Crippen LogP contribution is 2.34. The number of rotatable bonds is 5. The standard InChI is InChI=1S/C15H15NO4S/c1-4-7-16-14(17)13(21-15(16)18)9-10-8-11(19-2)5-6-12(10)20-3/h4-6,8-9H,1,7H2,2-3H3. The average Bonchev–Trinajstić information content (AvgIpc) is 2.75. The molecule has 0 N–H and O–H groups in total. The molecule has 0 bridgehead atoms. The van der Waals surface area contributed by atoms with E-state index in [-0.39, 0.29) is 17.7 Å². The van der Waals surface area contributed by atoms with Gasteiger partial charge in [0.1, 0.15) is 11.5 Å². The molecule has 0 atom stereocenters. The molecule has 0 radical (unpaired) electrons. The summed E-state index contributed by atoms with van der Waals surface area (Å²) in [7, 11) is 3.10. The van der Waals surface area contributed by atoms with Crippen molar-refractivity contribution in [3.63, 3.8) is 0 Å². The highest BCUT2D eigenvalue weighted by Gasteiger charge is 2.34. The smallest absolute Gasteiger partial charge is 0.293 e. The van der Waals surface area contributed by atoms with E-state index in [2.05, 4.69) is 6.58 Å². The van der Waals surface area contributed by atoms with Gasteiger partial charge in [-0.15, -0.1) is 6.58 Å². The molecule has 0 aliphatic carbocycles. The highest BCUT2D eigenvalue weighted by molar-refractivity contribution is 8.18. The Bertz CT molecular complexity index is 624. The maximum Gasteiger partial charge on any atom is 0.293 e. The molecule has 0 spiro atoms. The van der Waals surface area contributed by atoms with Crippen molar-refractivity contribution in [3.05, 3.63) is 41.3 Å². The number of thioether (sulfide) groups is 1. The van der Waals surface area contributed by atoms with Crippen LogP contribution in [0.1, 0.15) is 5.56 Å². The zero-order valence-corrected chi connectivity index (χ0v) is 12.6. The Morgan fingerprint density at radius 1 is 1.29 bits per heavy atom. The number of amides is 2. The van der Waals surface area contributed by atoms with Crippen LogP contribution in [0, 0.1) is 0 Å². The third-order valence-electron chi connectivity index (χ3n) is 2.91. The second kappa shape index (κ2) is 6.49. The maximum atomic E-state index is 12.2. The van der Waals surface area contributed by atoms with E-state index in [1.807, 2.05) is 0 Å². The topological polar surface area (TPSA) is 55.8 Å². The molecule has 0 saturated carbocycles. The first-order valence-corrected chi connectivity index (χ1v) is 7.00. The molecule has 1 aliphatic heterocycles. The lowest BCUT2D eigenvalue weighted by Gasteiger charge is -2.09. The van der Waals surface area contributed by atoms with E-state index in [9.17, 15) is 9.59 Å². The summed E-state index contributed by atoms with van der Waals surface area (Å²) in [6, 6.07) is 5.26. The van der Waals surface area contributed by atoms with Gasteiger partial charge in [0.05, 0.1) is 19.1 Å². The Morgan fingerprint density at radius 2 is 2.05 bits per heavy atom. The van der Waals surface area contributed by atoms with Gasteiger partial charge in [-0.05, 0) is 36.0 Å². The van der Waals surface area contributed by atoms with Crippen LogP contribution in [0.5, 0.6) is 11.5 Å². The average molecular weight is 305 g/mol. The van der Waals surface area contributed by atoms with Gasteiger partial charge in [-0.1, -0.05) is 6.08 Å². The molecule has 1 saturated heterocycles.